The van der Waals surface area contributed by atoms with E-state index < -0.39 is 5.91 Å². The van der Waals surface area contributed by atoms with Crippen LogP contribution in [-0.2, 0) is 0 Å². The number of carbonyl (C=O) groups is 1. The quantitative estimate of drug-likeness (QED) is 0.434. The zero-order valence-corrected chi connectivity index (χ0v) is 17.4. The number of halogens is 1. The molecular formula is C22H16ClN3O3S. The number of hydrogen-bond acceptors (Lipinski definition) is 6. The molecule has 0 atom stereocenters. The molecule has 2 aromatic heterocycles. The van der Waals surface area contributed by atoms with E-state index in [1.54, 1.807) is 12.1 Å². The number of ether oxygens (including phenoxy) is 1. The predicted molar refractivity (Wildman–Crippen MR) is 118 cm³/mol. The van der Waals surface area contributed by atoms with Crippen molar-refractivity contribution in [2.45, 2.75) is 9.92 Å². The van der Waals surface area contributed by atoms with Crippen molar-refractivity contribution in [1.29, 1.82) is 0 Å². The third-order valence-corrected chi connectivity index (χ3v) is 5.75. The number of methoxy groups -OCH3 is 1. The molecule has 1 amide bonds. The first-order chi connectivity index (χ1) is 14.5. The highest BCUT2D eigenvalue weighted by atomic mass is 35.5. The van der Waals surface area contributed by atoms with Crippen molar-refractivity contribution in [2.75, 3.05) is 12.4 Å². The maximum atomic E-state index is 12.5. The minimum atomic E-state index is -0.537. The van der Waals surface area contributed by atoms with E-state index in [4.69, 9.17) is 16.3 Å². The molecule has 2 heterocycles. The van der Waals surface area contributed by atoms with Gasteiger partial charge in [0.2, 0.25) is 0 Å². The fourth-order valence-corrected chi connectivity index (χ4v) is 3.91. The summed E-state index contributed by atoms with van der Waals surface area (Å²) >= 11 is 7.71. The highest BCUT2D eigenvalue weighted by Gasteiger charge is 2.17. The third kappa shape index (κ3) is 4.17. The number of hydrogen-bond donors (Lipinski definition) is 2. The molecule has 0 aliphatic rings. The Morgan fingerprint density at radius 2 is 1.97 bits per heavy atom. The average molecular weight is 438 g/mol. The Kier molecular flexibility index (Phi) is 5.74. The monoisotopic (exact) mass is 437 g/mol. The Hall–Kier alpha value is -3.29. The largest absolute Gasteiger partial charge is 0.503 e. The van der Waals surface area contributed by atoms with Gasteiger partial charge in [0.25, 0.3) is 5.91 Å². The lowest BCUT2D eigenvalue weighted by Crippen LogP contribution is -2.14. The Morgan fingerprint density at radius 1 is 1.13 bits per heavy atom. The Balaban J connectivity index is 1.55. The molecule has 8 heteroatoms. The van der Waals surface area contributed by atoms with Gasteiger partial charge in [0.1, 0.15) is 5.03 Å². The third-order valence-electron chi connectivity index (χ3n) is 4.29. The topological polar surface area (TPSA) is 84.3 Å². The van der Waals surface area contributed by atoms with Gasteiger partial charge in [0, 0.05) is 28.2 Å². The van der Waals surface area contributed by atoms with Crippen molar-refractivity contribution in [2.24, 2.45) is 0 Å². The van der Waals surface area contributed by atoms with E-state index in [1.807, 2.05) is 42.5 Å². The van der Waals surface area contributed by atoms with E-state index in [9.17, 15) is 9.90 Å². The molecule has 0 spiro atoms. The number of aromatic hydroxyl groups is 1. The lowest BCUT2D eigenvalue weighted by atomic mass is 10.2. The molecule has 0 unspecified atom stereocenters. The summed E-state index contributed by atoms with van der Waals surface area (Å²) in [5.41, 5.74) is 1.23. The Labute approximate surface area is 181 Å². The predicted octanol–water partition coefficient (Wildman–Crippen LogP) is 5.40. The molecule has 30 heavy (non-hydrogen) atoms. The fraction of sp³-hybridized carbons (Fsp3) is 0.0455. The van der Waals surface area contributed by atoms with Crippen LogP contribution in [0.3, 0.4) is 0 Å². The van der Waals surface area contributed by atoms with Crippen molar-refractivity contribution < 1.29 is 14.6 Å². The normalized spacial score (nSPS) is 10.7. The second kappa shape index (κ2) is 8.61. The zero-order chi connectivity index (χ0) is 21.1. The van der Waals surface area contributed by atoms with Gasteiger partial charge in [-0.3, -0.25) is 4.79 Å². The molecule has 4 aromatic rings. The van der Waals surface area contributed by atoms with Crippen molar-refractivity contribution in [3.8, 4) is 11.5 Å². The summed E-state index contributed by atoms with van der Waals surface area (Å²) in [6.45, 7) is 0. The first kappa shape index (κ1) is 20.0. The summed E-state index contributed by atoms with van der Waals surface area (Å²) in [7, 11) is 1.41. The van der Waals surface area contributed by atoms with Gasteiger partial charge in [-0.1, -0.05) is 41.6 Å². The number of amides is 1. The van der Waals surface area contributed by atoms with E-state index in [0.717, 1.165) is 20.8 Å². The highest BCUT2D eigenvalue weighted by molar-refractivity contribution is 7.99. The molecule has 4 rings (SSSR count). The van der Waals surface area contributed by atoms with Gasteiger partial charge in [-0.2, -0.15) is 0 Å². The first-order valence-electron chi connectivity index (χ1n) is 8.91. The van der Waals surface area contributed by atoms with Gasteiger partial charge in [-0.15, -0.1) is 0 Å². The molecular weight excluding hydrogens is 422 g/mol. The summed E-state index contributed by atoms with van der Waals surface area (Å²) in [6.07, 6.45) is 1.40. The number of fused-ring (bicyclic) bond motifs is 1. The summed E-state index contributed by atoms with van der Waals surface area (Å²) in [4.78, 5) is 22.0. The van der Waals surface area contributed by atoms with Crippen LogP contribution in [0.25, 0.3) is 10.9 Å². The van der Waals surface area contributed by atoms with Crippen LogP contribution in [0.4, 0.5) is 5.69 Å². The van der Waals surface area contributed by atoms with Crippen LogP contribution in [0.1, 0.15) is 10.5 Å². The minimum Gasteiger partial charge on any atom is -0.503 e. The molecule has 0 bridgehead atoms. The number of pyridine rings is 2. The van der Waals surface area contributed by atoms with Crippen LogP contribution in [-0.4, -0.2) is 28.1 Å². The highest BCUT2D eigenvalue weighted by Crippen LogP contribution is 2.33. The smallest absolute Gasteiger partial charge is 0.278 e. The molecule has 150 valence electrons. The first-order valence-corrected chi connectivity index (χ1v) is 10.1. The van der Waals surface area contributed by atoms with Gasteiger partial charge in [0.05, 0.1) is 17.6 Å². The van der Waals surface area contributed by atoms with Crippen molar-refractivity contribution in [3.63, 3.8) is 0 Å². The van der Waals surface area contributed by atoms with Crippen LogP contribution in [0.5, 0.6) is 11.5 Å². The Morgan fingerprint density at radius 3 is 2.77 bits per heavy atom. The van der Waals surface area contributed by atoms with E-state index in [-0.39, 0.29) is 17.2 Å². The van der Waals surface area contributed by atoms with Gasteiger partial charge in [-0.25, -0.2) is 9.97 Å². The zero-order valence-electron chi connectivity index (χ0n) is 15.8. The standard InChI is InChI=1S/C22H16ClN3O3S/c1-29-17-10-11-24-20(21(17)27)22(28)25-14-7-8-16-13(12-14)6-9-19(26-16)30-18-5-3-2-4-15(18)23/h2-12,27H,1H3,(H,25,28). The molecule has 2 aromatic carbocycles. The van der Waals surface area contributed by atoms with E-state index in [0.29, 0.717) is 10.7 Å². The average Bonchev–Trinajstić information content (AvgIpc) is 2.75. The number of nitrogens with one attached hydrogen (secondary N) is 1. The second-order valence-corrected chi connectivity index (χ2v) is 7.72. The van der Waals surface area contributed by atoms with Crippen LogP contribution < -0.4 is 10.1 Å². The number of rotatable bonds is 5. The van der Waals surface area contributed by atoms with E-state index in [2.05, 4.69) is 15.3 Å². The van der Waals surface area contributed by atoms with Crippen molar-refractivity contribution >= 4 is 45.9 Å². The van der Waals surface area contributed by atoms with Gasteiger partial charge in [-0.05, 0) is 36.4 Å². The molecule has 0 saturated carbocycles. The van der Waals surface area contributed by atoms with E-state index in [1.165, 1.54) is 31.1 Å². The summed E-state index contributed by atoms with van der Waals surface area (Å²) < 4.78 is 5.02. The Bertz CT molecular complexity index is 1250. The molecule has 0 aliphatic carbocycles. The molecule has 0 aliphatic heterocycles. The number of aromatic nitrogens is 2. The van der Waals surface area contributed by atoms with Crippen LogP contribution in [0, 0.1) is 0 Å². The van der Waals surface area contributed by atoms with Crippen LogP contribution >= 0.6 is 23.4 Å². The SMILES string of the molecule is COc1ccnc(C(=O)Nc2ccc3nc(Sc4ccccc4Cl)ccc3c2)c1O. The lowest BCUT2D eigenvalue weighted by Gasteiger charge is -2.09. The summed E-state index contributed by atoms with van der Waals surface area (Å²) in [6, 6.07) is 18.3. The van der Waals surface area contributed by atoms with Crippen LogP contribution in [0.15, 0.2) is 76.8 Å². The number of benzene rings is 2. The molecule has 0 saturated heterocycles. The van der Waals surface area contributed by atoms with Crippen molar-refractivity contribution in [3.05, 3.63) is 77.6 Å². The summed E-state index contributed by atoms with van der Waals surface area (Å²) in [5, 5.41) is 15.2. The minimum absolute atomic E-state index is 0.112. The lowest BCUT2D eigenvalue weighted by molar-refractivity contribution is 0.101. The molecule has 6 nitrogen and oxygen atoms in total. The van der Waals surface area contributed by atoms with Gasteiger partial charge >= 0.3 is 0 Å². The maximum absolute atomic E-state index is 12.5. The van der Waals surface area contributed by atoms with Crippen LogP contribution in [0.2, 0.25) is 5.02 Å². The fourth-order valence-electron chi connectivity index (χ4n) is 2.84. The molecule has 0 radical (unpaired) electrons. The molecule has 2 N–H and O–H groups in total. The number of carbonyl (C=O) groups excluding carboxylic acids is 1. The van der Waals surface area contributed by atoms with Gasteiger partial charge in [0.15, 0.2) is 17.2 Å². The summed E-state index contributed by atoms with van der Waals surface area (Å²) in [5.74, 6) is -0.660. The number of nitrogens with zero attached hydrogens (tertiary/aromatic N) is 2. The number of anilines is 1. The second-order valence-electron chi connectivity index (χ2n) is 6.25. The maximum Gasteiger partial charge on any atom is 0.278 e. The van der Waals surface area contributed by atoms with Crippen molar-refractivity contribution in [1.82, 2.24) is 9.97 Å². The van der Waals surface area contributed by atoms with Gasteiger partial charge < -0.3 is 15.2 Å². The van der Waals surface area contributed by atoms with E-state index >= 15 is 0 Å². The molecule has 0 fully saturated rings.